The molecule has 1 saturated heterocycles. The summed E-state index contributed by atoms with van der Waals surface area (Å²) in [5, 5.41) is 12.7. The van der Waals surface area contributed by atoms with E-state index in [4.69, 9.17) is 0 Å². The maximum absolute atomic E-state index is 12.6. The first-order valence-electron chi connectivity index (χ1n) is 7.53. The van der Waals surface area contributed by atoms with Gasteiger partial charge in [0.1, 0.15) is 12.9 Å². The summed E-state index contributed by atoms with van der Waals surface area (Å²) in [6.45, 7) is 4.38. The molecular formula is C14H18N6O2S. The van der Waals surface area contributed by atoms with Gasteiger partial charge in [-0.15, -0.1) is 16.4 Å². The summed E-state index contributed by atoms with van der Waals surface area (Å²) in [5.41, 5.74) is 1.09. The Morgan fingerprint density at radius 1 is 1.22 bits per heavy atom. The molecule has 0 saturated carbocycles. The molecule has 0 aliphatic carbocycles. The van der Waals surface area contributed by atoms with Crippen molar-refractivity contribution in [2.45, 2.75) is 19.9 Å². The highest BCUT2D eigenvalue weighted by molar-refractivity contribution is 7.12. The quantitative estimate of drug-likeness (QED) is 0.802. The predicted octanol–water partition coefficient (Wildman–Crippen LogP) is 0.282. The molecule has 1 aliphatic heterocycles. The number of aryl methyl sites for hydroxylation is 1. The third-order valence-electron chi connectivity index (χ3n) is 3.93. The van der Waals surface area contributed by atoms with Crippen molar-refractivity contribution in [3.05, 3.63) is 28.2 Å². The van der Waals surface area contributed by atoms with E-state index in [1.807, 2.05) is 16.3 Å². The van der Waals surface area contributed by atoms with Gasteiger partial charge < -0.3 is 9.80 Å². The molecule has 2 amide bonds. The van der Waals surface area contributed by atoms with Gasteiger partial charge in [0.15, 0.2) is 0 Å². The molecule has 0 atom stereocenters. The molecule has 1 fully saturated rings. The molecule has 0 radical (unpaired) electrons. The monoisotopic (exact) mass is 334 g/mol. The van der Waals surface area contributed by atoms with Gasteiger partial charge in [-0.2, -0.15) is 0 Å². The fourth-order valence-electron chi connectivity index (χ4n) is 2.60. The second-order valence-corrected chi connectivity index (χ2v) is 6.23. The third kappa shape index (κ3) is 3.39. The number of nitrogens with zero attached hydrogens (tertiary/aromatic N) is 6. The topological polar surface area (TPSA) is 84.2 Å². The molecular weight excluding hydrogens is 316 g/mol. The minimum atomic E-state index is -0.0326. The number of rotatable bonds is 4. The van der Waals surface area contributed by atoms with Crippen molar-refractivity contribution < 1.29 is 9.59 Å². The SMILES string of the molecule is CCc1ccsc1C(=O)N1CCN(C(=O)Cn2cnnn2)CC1. The van der Waals surface area contributed by atoms with E-state index in [1.165, 1.54) is 22.3 Å². The molecule has 8 nitrogen and oxygen atoms in total. The van der Waals surface area contributed by atoms with Gasteiger partial charge in [-0.1, -0.05) is 6.92 Å². The van der Waals surface area contributed by atoms with Crippen molar-refractivity contribution >= 4 is 23.2 Å². The summed E-state index contributed by atoms with van der Waals surface area (Å²) in [6, 6.07) is 2.00. The molecule has 9 heteroatoms. The van der Waals surface area contributed by atoms with Gasteiger partial charge >= 0.3 is 0 Å². The Hall–Kier alpha value is -2.29. The molecule has 0 N–H and O–H groups in total. The second-order valence-electron chi connectivity index (χ2n) is 5.31. The molecule has 0 aromatic carbocycles. The standard InChI is InChI=1S/C14H18N6O2S/c1-2-11-3-8-23-13(11)14(22)19-6-4-18(5-7-19)12(21)9-20-10-15-16-17-20/h3,8,10H,2,4-7,9H2,1H3. The van der Waals surface area contributed by atoms with Gasteiger partial charge in [0.25, 0.3) is 5.91 Å². The fraction of sp³-hybridized carbons (Fsp3) is 0.500. The predicted molar refractivity (Wildman–Crippen MR) is 84.0 cm³/mol. The number of hydrogen-bond acceptors (Lipinski definition) is 6. The number of amides is 2. The summed E-state index contributed by atoms with van der Waals surface area (Å²) in [6.07, 6.45) is 2.27. The van der Waals surface area contributed by atoms with Gasteiger partial charge in [0, 0.05) is 26.2 Å². The Kier molecular flexibility index (Phi) is 4.65. The number of carbonyl (C=O) groups excluding carboxylic acids is 2. The summed E-state index contributed by atoms with van der Waals surface area (Å²) in [7, 11) is 0. The molecule has 0 bridgehead atoms. The Labute approximate surface area is 137 Å². The number of thiophene rings is 1. The van der Waals surface area contributed by atoms with Crippen LogP contribution < -0.4 is 0 Å². The fourth-order valence-corrected chi connectivity index (χ4v) is 3.56. The number of tetrazole rings is 1. The molecule has 3 heterocycles. The average molecular weight is 334 g/mol. The first-order valence-corrected chi connectivity index (χ1v) is 8.41. The normalized spacial score (nSPS) is 15.0. The van der Waals surface area contributed by atoms with Crippen molar-refractivity contribution in [2.24, 2.45) is 0 Å². The average Bonchev–Trinajstić information content (AvgIpc) is 3.25. The highest BCUT2D eigenvalue weighted by atomic mass is 32.1. The molecule has 2 aromatic heterocycles. The highest BCUT2D eigenvalue weighted by Gasteiger charge is 2.26. The second kappa shape index (κ2) is 6.86. The van der Waals surface area contributed by atoms with E-state index in [0.717, 1.165) is 16.9 Å². The number of hydrogen-bond donors (Lipinski definition) is 0. The van der Waals surface area contributed by atoms with Crippen molar-refractivity contribution in [1.29, 1.82) is 0 Å². The van der Waals surface area contributed by atoms with E-state index in [9.17, 15) is 9.59 Å². The van der Waals surface area contributed by atoms with Crippen LogP contribution in [-0.2, 0) is 17.8 Å². The van der Waals surface area contributed by atoms with E-state index in [1.54, 1.807) is 4.90 Å². The van der Waals surface area contributed by atoms with E-state index in [0.29, 0.717) is 26.2 Å². The number of piperazine rings is 1. The van der Waals surface area contributed by atoms with Crippen LogP contribution in [0.3, 0.4) is 0 Å². The first kappa shape index (κ1) is 15.6. The molecule has 0 unspecified atom stereocenters. The number of aromatic nitrogens is 4. The summed E-state index contributed by atoms with van der Waals surface area (Å²) in [4.78, 5) is 29.2. The van der Waals surface area contributed by atoms with Crippen LogP contribution in [0.1, 0.15) is 22.2 Å². The van der Waals surface area contributed by atoms with Crippen molar-refractivity contribution in [2.75, 3.05) is 26.2 Å². The van der Waals surface area contributed by atoms with Gasteiger partial charge in [0.2, 0.25) is 5.91 Å². The summed E-state index contributed by atoms with van der Waals surface area (Å²) >= 11 is 1.49. The van der Waals surface area contributed by atoms with Crippen LogP contribution in [0.2, 0.25) is 0 Å². The summed E-state index contributed by atoms with van der Waals surface area (Å²) < 4.78 is 1.40. The third-order valence-corrected chi connectivity index (χ3v) is 4.87. The zero-order valence-electron chi connectivity index (χ0n) is 12.9. The Balaban J connectivity index is 1.56. The zero-order valence-corrected chi connectivity index (χ0v) is 13.7. The van der Waals surface area contributed by atoms with E-state index in [-0.39, 0.29) is 18.4 Å². The smallest absolute Gasteiger partial charge is 0.264 e. The first-order chi connectivity index (χ1) is 11.2. The van der Waals surface area contributed by atoms with Crippen LogP contribution in [0, 0.1) is 0 Å². The lowest BCUT2D eigenvalue weighted by atomic mass is 10.2. The van der Waals surface area contributed by atoms with Crippen LogP contribution in [-0.4, -0.2) is 68.0 Å². The minimum Gasteiger partial charge on any atom is -0.338 e. The van der Waals surface area contributed by atoms with E-state index in [2.05, 4.69) is 22.4 Å². The van der Waals surface area contributed by atoms with Crippen LogP contribution in [0.5, 0.6) is 0 Å². The maximum Gasteiger partial charge on any atom is 0.264 e. The molecule has 1 aliphatic rings. The summed E-state index contributed by atoms with van der Waals surface area (Å²) in [5.74, 6) is 0.0409. The molecule has 23 heavy (non-hydrogen) atoms. The lowest BCUT2D eigenvalue weighted by Crippen LogP contribution is -2.51. The Morgan fingerprint density at radius 2 is 1.96 bits per heavy atom. The van der Waals surface area contributed by atoms with Gasteiger partial charge in [-0.3, -0.25) is 9.59 Å². The highest BCUT2D eigenvalue weighted by Crippen LogP contribution is 2.20. The Bertz CT molecular complexity index is 675. The van der Waals surface area contributed by atoms with Crippen molar-refractivity contribution in [3.63, 3.8) is 0 Å². The van der Waals surface area contributed by atoms with Gasteiger partial charge in [-0.05, 0) is 33.9 Å². The lowest BCUT2D eigenvalue weighted by Gasteiger charge is -2.34. The minimum absolute atomic E-state index is 0.0326. The lowest BCUT2D eigenvalue weighted by molar-refractivity contribution is -0.133. The van der Waals surface area contributed by atoms with Crippen LogP contribution >= 0.6 is 11.3 Å². The van der Waals surface area contributed by atoms with Crippen molar-refractivity contribution in [3.8, 4) is 0 Å². The number of carbonyl (C=O) groups is 2. The molecule has 3 rings (SSSR count). The molecule has 122 valence electrons. The van der Waals surface area contributed by atoms with E-state index < -0.39 is 0 Å². The van der Waals surface area contributed by atoms with Crippen LogP contribution in [0.4, 0.5) is 0 Å². The van der Waals surface area contributed by atoms with Gasteiger partial charge in [-0.25, -0.2) is 4.68 Å². The zero-order chi connectivity index (χ0) is 16.2. The maximum atomic E-state index is 12.6. The van der Waals surface area contributed by atoms with Crippen molar-refractivity contribution in [1.82, 2.24) is 30.0 Å². The van der Waals surface area contributed by atoms with Crippen LogP contribution in [0.15, 0.2) is 17.8 Å². The molecule has 2 aromatic rings. The van der Waals surface area contributed by atoms with Crippen LogP contribution in [0.25, 0.3) is 0 Å². The Morgan fingerprint density at radius 3 is 2.61 bits per heavy atom. The largest absolute Gasteiger partial charge is 0.338 e. The molecule has 0 spiro atoms. The van der Waals surface area contributed by atoms with E-state index >= 15 is 0 Å². The van der Waals surface area contributed by atoms with Gasteiger partial charge in [0.05, 0.1) is 4.88 Å².